The maximum Gasteiger partial charge on any atom is 0.106 e. The summed E-state index contributed by atoms with van der Waals surface area (Å²) in [6, 6.07) is 0. The molecule has 4 heteroatoms. The first-order chi connectivity index (χ1) is 11.4. The van der Waals surface area contributed by atoms with E-state index in [4.69, 9.17) is 0 Å². The van der Waals surface area contributed by atoms with E-state index in [1.54, 1.807) is 6.92 Å². The number of rotatable bonds is 2. The van der Waals surface area contributed by atoms with E-state index in [9.17, 15) is 17.6 Å². The lowest BCUT2D eigenvalue weighted by atomic mass is 9.63. The molecule has 3 saturated carbocycles. The van der Waals surface area contributed by atoms with Crippen LogP contribution >= 0.6 is 0 Å². The third kappa shape index (κ3) is 3.77. The first-order valence-corrected chi connectivity index (χ1v) is 9.93. The Morgan fingerprint density at radius 1 is 0.542 bits per heavy atom. The third-order valence-electron chi connectivity index (χ3n) is 7.36. The molecule has 6 atom stereocenters. The summed E-state index contributed by atoms with van der Waals surface area (Å²) in [6.07, 6.45) is 0.494. The van der Waals surface area contributed by atoms with Crippen molar-refractivity contribution in [2.45, 2.75) is 89.9 Å². The number of hydrogen-bond donors (Lipinski definition) is 0. The van der Waals surface area contributed by atoms with Crippen molar-refractivity contribution in [1.82, 2.24) is 0 Å². The van der Waals surface area contributed by atoms with Gasteiger partial charge in [-0.3, -0.25) is 0 Å². The van der Waals surface area contributed by atoms with Crippen molar-refractivity contribution < 1.29 is 17.6 Å². The van der Waals surface area contributed by atoms with Gasteiger partial charge in [0.25, 0.3) is 0 Å². The molecule has 140 valence electrons. The van der Waals surface area contributed by atoms with Crippen LogP contribution in [0.1, 0.15) is 65.2 Å². The van der Waals surface area contributed by atoms with Gasteiger partial charge in [0.15, 0.2) is 0 Å². The minimum atomic E-state index is -1.27. The van der Waals surface area contributed by atoms with Crippen LogP contribution in [-0.4, -0.2) is 24.7 Å². The third-order valence-corrected chi connectivity index (χ3v) is 7.36. The molecule has 0 aromatic heterocycles. The van der Waals surface area contributed by atoms with E-state index >= 15 is 0 Å². The van der Waals surface area contributed by atoms with Gasteiger partial charge >= 0.3 is 0 Å². The average molecular weight is 348 g/mol. The van der Waals surface area contributed by atoms with E-state index in [1.165, 1.54) is 0 Å². The predicted octanol–water partition coefficient (Wildman–Crippen LogP) is 6.24. The molecule has 0 amide bonds. The summed E-state index contributed by atoms with van der Waals surface area (Å²) in [5, 5.41) is 0. The first-order valence-electron chi connectivity index (χ1n) is 9.93. The number of halogens is 4. The van der Waals surface area contributed by atoms with Gasteiger partial charge in [0.2, 0.25) is 0 Å². The minimum absolute atomic E-state index is 0.114. The van der Waals surface area contributed by atoms with E-state index in [2.05, 4.69) is 6.92 Å². The van der Waals surface area contributed by atoms with Crippen LogP contribution in [0.3, 0.4) is 0 Å². The zero-order chi connectivity index (χ0) is 17.4. The van der Waals surface area contributed by atoms with Crippen LogP contribution in [0.5, 0.6) is 0 Å². The summed E-state index contributed by atoms with van der Waals surface area (Å²) >= 11 is 0. The summed E-state index contributed by atoms with van der Waals surface area (Å²) in [4.78, 5) is 0. The normalized spacial score (nSPS) is 53.8. The van der Waals surface area contributed by atoms with Crippen molar-refractivity contribution in [3.05, 3.63) is 0 Å². The molecule has 0 radical (unpaired) electrons. The minimum Gasteiger partial charge on any atom is -0.247 e. The predicted molar refractivity (Wildman–Crippen MR) is 88.8 cm³/mol. The Balaban J connectivity index is 1.61. The van der Waals surface area contributed by atoms with E-state index in [1.807, 2.05) is 0 Å². The zero-order valence-electron chi connectivity index (χ0n) is 14.9. The highest BCUT2D eigenvalue weighted by atomic mass is 19.2. The molecule has 3 aliphatic rings. The highest BCUT2D eigenvalue weighted by molar-refractivity contribution is 4.97. The maximum absolute atomic E-state index is 14.8. The molecule has 0 nitrogen and oxygen atoms in total. The van der Waals surface area contributed by atoms with Crippen LogP contribution in [0.25, 0.3) is 0 Å². The Labute approximate surface area is 143 Å². The maximum atomic E-state index is 14.8. The molecule has 0 aliphatic heterocycles. The molecule has 3 fully saturated rings. The summed E-state index contributed by atoms with van der Waals surface area (Å²) in [7, 11) is 0. The van der Waals surface area contributed by atoms with E-state index in [0.717, 1.165) is 31.6 Å². The van der Waals surface area contributed by atoms with Crippen LogP contribution in [0.15, 0.2) is 0 Å². The average Bonchev–Trinajstić information content (AvgIpc) is 2.52. The molecule has 0 spiro atoms. The summed E-state index contributed by atoms with van der Waals surface area (Å²) in [5.41, 5.74) is 0. The Morgan fingerprint density at radius 3 is 1.50 bits per heavy atom. The Morgan fingerprint density at radius 2 is 1.00 bits per heavy atom. The smallest absolute Gasteiger partial charge is 0.106 e. The first kappa shape index (κ1) is 18.5. The molecule has 24 heavy (non-hydrogen) atoms. The molecule has 0 heterocycles. The van der Waals surface area contributed by atoms with Gasteiger partial charge in [-0.15, -0.1) is 0 Å². The monoisotopic (exact) mass is 348 g/mol. The van der Waals surface area contributed by atoms with Crippen molar-refractivity contribution in [1.29, 1.82) is 0 Å². The molecule has 3 aliphatic carbocycles. The Kier molecular flexibility index (Phi) is 5.81. The Bertz CT molecular complexity index is 382. The van der Waals surface area contributed by atoms with Crippen LogP contribution < -0.4 is 0 Å². The van der Waals surface area contributed by atoms with E-state index in [0.29, 0.717) is 18.8 Å². The van der Waals surface area contributed by atoms with Gasteiger partial charge in [-0.1, -0.05) is 26.7 Å². The zero-order valence-corrected chi connectivity index (χ0v) is 14.9. The lowest BCUT2D eigenvalue weighted by Crippen LogP contribution is -2.46. The second-order valence-electron chi connectivity index (χ2n) is 8.98. The van der Waals surface area contributed by atoms with Crippen LogP contribution in [0, 0.1) is 35.5 Å². The summed E-state index contributed by atoms with van der Waals surface area (Å²) < 4.78 is 57.7. The van der Waals surface area contributed by atoms with Crippen LogP contribution in [-0.2, 0) is 0 Å². The molecule has 0 N–H and O–H groups in total. The fourth-order valence-electron chi connectivity index (χ4n) is 5.59. The van der Waals surface area contributed by atoms with Gasteiger partial charge in [0.1, 0.15) is 24.7 Å². The van der Waals surface area contributed by atoms with Crippen LogP contribution in [0.2, 0.25) is 0 Å². The summed E-state index contributed by atoms with van der Waals surface area (Å²) in [5.74, 6) is -0.641. The number of alkyl halides is 4. The van der Waals surface area contributed by atoms with Crippen molar-refractivity contribution in [2.75, 3.05) is 0 Å². The van der Waals surface area contributed by atoms with Crippen molar-refractivity contribution in [3.8, 4) is 0 Å². The second-order valence-corrected chi connectivity index (χ2v) is 8.98. The second kappa shape index (κ2) is 7.53. The van der Waals surface area contributed by atoms with Gasteiger partial charge in [-0.05, 0) is 62.2 Å². The molecule has 3 rings (SSSR count). The number of hydrogen-bond acceptors (Lipinski definition) is 0. The quantitative estimate of drug-likeness (QED) is 0.518. The fourth-order valence-corrected chi connectivity index (χ4v) is 5.59. The van der Waals surface area contributed by atoms with Crippen molar-refractivity contribution in [3.63, 3.8) is 0 Å². The molecule has 0 aromatic rings. The van der Waals surface area contributed by atoms with Crippen LogP contribution in [0.4, 0.5) is 17.6 Å². The topological polar surface area (TPSA) is 0 Å². The largest absolute Gasteiger partial charge is 0.247 e. The van der Waals surface area contributed by atoms with Crippen molar-refractivity contribution >= 4 is 0 Å². The molecule has 0 aromatic carbocycles. The van der Waals surface area contributed by atoms with Gasteiger partial charge in [0, 0.05) is 11.8 Å². The molecule has 0 saturated heterocycles. The molecular weight excluding hydrogens is 316 g/mol. The fraction of sp³-hybridized carbons (Fsp3) is 1.00. The van der Waals surface area contributed by atoms with Gasteiger partial charge in [-0.25, -0.2) is 17.6 Å². The highest BCUT2D eigenvalue weighted by Crippen LogP contribution is 2.48. The molecular formula is C20H32F4. The molecule has 5 unspecified atom stereocenters. The van der Waals surface area contributed by atoms with Crippen molar-refractivity contribution in [2.24, 2.45) is 35.5 Å². The summed E-state index contributed by atoms with van der Waals surface area (Å²) in [6.45, 7) is 3.81. The van der Waals surface area contributed by atoms with E-state index < -0.39 is 42.4 Å². The Hall–Kier alpha value is -0.280. The SMILES string of the molecule is CC1CCC(C2CC(F)C(C3CC(F)C(C)C(F)C3)[C@@H](F)C2)CC1. The molecule has 0 bridgehead atoms. The van der Waals surface area contributed by atoms with Gasteiger partial charge in [0.05, 0.1) is 0 Å². The lowest BCUT2D eigenvalue weighted by molar-refractivity contribution is -0.0503. The standard InChI is InChI=1S/C20H32F4/c1-11-3-5-13(6-4-11)14-7-18(23)20(19(24)8-14)15-9-16(21)12(2)17(22)10-15/h11-20H,3-10H2,1-2H3/t11?,12?,13?,14?,15?,16?,17?,18-,19?,20?/m0/s1. The van der Waals surface area contributed by atoms with Gasteiger partial charge < -0.3 is 0 Å². The highest BCUT2D eigenvalue weighted by Gasteiger charge is 2.48. The van der Waals surface area contributed by atoms with E-state index in [-0.39, 0.29) is 18.8 Å². The van der Waals surface area contributed by atoms with Gasteiger partial charge in [-0.2, -0.15) is 0 Å². The lowest BCUT2D eigenvalue weighted by Gasteiger charge is -2.45.